The summed E-state index contributed by atoms with van der Waals surface area (Å²) in [5.41, 5.74) is 0.197. The summed E-state index contributed by atoms with van der Waals surface area (Å²) in [7, 11) is 0. The van der Waals surface area contributed by atoms with E-state index in [9.17, 15) is 14.9 Å². The number of carbonyl (C=O) groups excluding carboxylic acids is 1. The monoisotopic (exact) mass is 356 g/mol. The number of rotatable bonds is 6. The smallest absolute Gasteiger partial charge is 0.270 e. The van der Waals surface area contributed by atoms with Gasteiger partial charge in [-0.25, -0.2) is 0 Å². The fourth-order valence-electron chi connectivity index (χ4n) is 2.35. The molecule has 0 bridgehead atoms. The molecule has 5 nitrogen and oxygen atoms in total. The van der Waals surface area contributed by atoms with E-state index in [1.54, 1.807) is 0 Å². The summed E-state index contributed by atoms with van der Waals surface area (Å²) < 4.78 is 0.552. The zero-order chi connectivity index (χ0) is 16.2. The lowest BCUT2D eigenvalue weighted by atomic mass is 9.85. The van der Waals surface area contributed by atoms with Gasteiger partial charge in [0.25, 0.3) is 11.6 Å². The minimum atomic E-state index is -0.506. The molecule has 0 aliphatic carbocycles. The van der Waals surface area contributed by atoms with Gasteiger partial charge >= 0.3 is 0 Å². The predicted octanol–water partition coefficient (Wildman–Crippen LogP) is 4.02. The van der Waals surface area contributed by atoms with Crippen LogP contribution in [0.3, 0.4) is 0 Å². The van der Waals surface area contributed by atoms with E-state index < -0.39 is 4.92 Å². The summed E-state index contributed by atoms with van der Waals surface area (Å²) in [6.45, 7) is 9.06. The van der Waals surface area contributed by atoms with Crippen molar-refractivity contribution in [3.05, 3.63) is 38.3 Å². The molecule has 0 aliphatic heterocycles. The van der Waals surface area contributed by atoms with E-state index in [1.165, 1.54) is 18.2 Å². The third-order valence-corrected chi connectivity index (χ3v) is 4.31. The Bertz CT molecular complexity index is 522. The Kier molecular flexibility index (Phi) is 6.33. The van der Waals surface area contributed by atoms with Crippen molar-refractivity contribution >= 4 is 27.5 Å². The van der Waals surface area contributed by atoms with Crippen LogP contribution in [0.2, 0.25) is 0 Å². The molecule has 0 aromatic heterocycles. The molecular formula is C15H21BrN2O3. The molecule has 1 rings (SSSR count). The average Bonchev–Trinajstić information content (AvgIpc) is 2.37. The number of nitro benzene ring substituents is 1. The van der Waals surface area contributed by atoms with E-state index >= 15 is 0 Å². The van der Waals surface area contributed by atoms with Gasteiger partial charge in [0, 0.05) is 23.2 Å². The first-order valence-electron chi connectivity index (χ1n) is 6.96. The fourth-order valence-corrected chi connectivity index (χ4v) is 2.77. The van der Waals surface area contributed by atoms with E-state index in [0.29, 0.717) is 28.8 Å². The SMILES string of the molecule is CC(C)C(CNC(=O)c1cc([N+](=O)[O-])ccc1Br)C(C)C. The number of amides is 1. The van der Waals surface area contributed by atoms with Gasteiger partial charge in [-0.05, 0) is 39.8 Å². The van der Waals surface area contributed by atoms with Crippen LogP contribution in [0.4, 0.5) is 5.69 Å². The van der Waals surface area contributed by atoms with E-state index in [-0.39, 0.29) is 17.2 Å². The molecule has 0 radical (unpaired) electrons. The summed E-state index contributed by atoms with van der Waals surface area (Å²) in [5, 5.41) is 13.7. The molecular weight excluding hydrogens is 336 g/mol. The lowest BCUT2D eigenvalue weighted by molar-refractivity contribution is -0.384. The van der Waals surface area contributed by atoms with Gasteiger partial charge in [-0.1, -0.05) is 27.7 Å². The predicted molar refractivity (Wildman–Crippen MR) is 86.3 cm³/mol. The maximum absolute atomic E-state index is 12.2. The summed E-state index contributed by atoms with van der Waals surface area (Å²) in [4.78, 5) is 22.5. The quantitative estimate of drug-likeness (QED) is 0.617. The minimum Gasteiger partial charge on any atom is -0.352 e. The second-order valence-electron chi connectivity index (χ2n) is 5.78. The molecule has 0 fully saturated rings. The maximum Gasteiger partial charge on any atom is 0.270 e. The van der Waals surface area contributed by atoms with Gasteiger partial charge in [-0.2, -0.15) is 0 Å². The number of hydrogen-bond acceptors (Lipinski definition) is 3. The van der Waals surface area contributed by atoms with Crippen molar-refractivity contribution in [2.24, 2.45) is 17.8 Å². The van der Waals surface area contributed by atoms with Gasteiger partial charge in [-0.15, -0.1) is 0 Å². The number of carbonyl (C=O) groups is 1. The molecule has 6 heteroatoms. The lowest BCUT2D eigenvalue weighted by Crippen LogP contribution is -2.34. The Morgan fingerprint density at radius 2 is 1.86 bits per heavy atom. The zero-order valence-electron chi connectivity index (χ0n) is 12.7. The van der Waals surface area contributed by atoms with Gasteiger partial charge in [0.2, 0.25) is 0 Å². The Hall–Kier alpha value is -1.43. The number of hydrogen-bond donors (Lipinski definition) is 1. The molecule has 1 aromatic carbocycles. The molecule has 0 saturated heterocycles. The molecule has 116 valence electrons. The van der Waals surface area contributed by atoms with Crippen LogP contribution in [0.5, 0.6) is 0 Å². The first-order valence-corrected chi connectivity index (χ1v) is 7.75. The van der Waals surface area contributed by atoms with Crippen LogP contribution in [0, 0.1) is 27.9 Å². The van der Waals surface area contributed by atoms with E-state index in [2.05, 4.69) is 48.9 Å². The second kappa shape index (κ2) is 7.54. The van der Waals surface area contributed by atoms with Crippen molar-refractivity contribution in [1.82, 2.24) is 5.32 Å². The van der Waals surface area contributed by atoms with Gasteiger partial charge in [0.1, 0.15) is 0 Å². The normalized spacial score (nSPS) is 11.2. The maximum atomic E-state index is 12.2. The van der Waals surface area contributed by atoms with Crippen molar-refractivity contribution in [3.8, 4) is 0 Å². The number of nitrogens with one attached hydrogen (secondary N) is 1. The van der Waals surface area contributed by atoms with Gasteiger partial charge in [-0.3, -0.25) is 14.9 Å². The molecule has 0 saturated carbocycles. The molecule has 0 atom stereocenters. The standard InChI is InChI=1S/C15H21BrN2O3/c1-9(2)13(10(3)4)8-17-15(19)12-7-11(18(20)21)5-6-14(12)16/h5-7,9-10,13H,8H2,1-4H3,(H,17,19). The Labute approximate surface area is 133 Å². The highest BCUT2D eigenvalue weighted by Crippen LogP contribution is 2.23. The van der Waals surface area contributed by atoms with Gasteiger partial charge < -0.3 is 5.32 Å². The largest absolute Gasteiger partial charge is 0.352 e. The highest BCUT2D eigenvalue weighted by atomic mass is 79.9. The number of nitrogens with zero attached hydrogens (tertiary/aromatic N) is 1. The fraction of sp³-hybridized carbons (Fsp3) is 0.533. The topological polar surface area (TPSA) is 72.2 Å². The lowest BCUT2D eigenvalue weighted by Gasteiger charge is -2.25. The molecule has 0 heterocycles. The van der Waals surface area contributed by atoms with Crippen molar-refractivity contribution in [2.45, 2.75) is 27.7 Å². The van der Waals surface area contributed by atoms with Crippen LogP contribution in [0.25, 0.3) is 0 Å². The minimum absolute atomic E-state index is 0.0902. The highest BCUT2D eigenvalue weighted by molar-refractivity contribution is 9.10. The van der Waals surface area contributed by atoms with Gasteiger partial charge in [0.05, 0.1) is 10.5 Å². The van der Waals surface area contributed by atoms with Crippen molar-refractivity contribution in [1.29, 1.82) is 0 Å². The number of nitro groups is 1. The zero-order valence-corrected chi connectivity index (χ0v) is 14.3. The summed E-state index contributed by atoms with van der Waals surface area (Å²) in [6, 6.07) is 4.18. The summed E-state index contributed by atoms with van der Waals surface area (Å²) in [6.07, 6.45) is 0. The molecule has 0 unspecified atom stereocenters. The van der Waals surface area contributed by atoms with Gasteiger partial charge in [0.15, 0.2) is 0 Å². The van der Waals surface area contributed by atoms with Crippen LogP contribution in [0.15, 0.2) is 22.7 Å². The highest BCUT2D eigenvalue weighted by Gasteiger charge is 2.20. The molecule has 1 aromatic rings. The number of benzene rings is 1. The molecule has 0 aliphatic rings. The molecule has 1 N–H and O–H groups in total. The van der Waals surface area contributed by atoms with Crippen LogP contribution >= 0.6 is 15.9 Å². The third-order valence-electron chi connectivity index (χ3n) is 3.62. The van der Waals surface area contributed by atoms with Crippen molar-refractivity contribution in [2.75, 3.05) is 6.54 Å². The van der Waals surface area contributed by atoms with E-state index in [1.807, 2.05) is 0 Å². The van der Waals surface area contributed by atoms with E-state index in [0.717, 1.165) is 0 Å². The van der Waals surface area contributed by atoms with Crippen LogP contribution in [0.1, 0.15) is 38.1 Å². The average molecular weight is 357 g/mol. The first kappa shape index (κ1) is 17.6. The summed E-state index contributed by atoms with van der Waals surface area (Å²) >= 11 is 3.26. The van der Waals surface area contributed by atoms with Crippen molar-refractivity contribution < 1.29 is 9.72 Å². The Balaban J connectivity index is 2.84. The Morgan fingerprint density at radius 3 is 2.33 bits per heavy atom. The third kappa shape index (κ3) is 4.81. The molecule has 0 spiro atoms. The van der Waals surface area contributed by atoms with Crippen LogP contribution in [-0.4, -0.2) is 17.4 Å². The van der Waals surface area contributed by atoms with E-state index in [4.69, 9.17) is 0 Å². The summed E-state index contributed by atoms with van der Waals surface area (Å²) in [5.74, 6) is 0.987. The van der Waals surface area contributed by atoms with Crippen molar-refractivity contribution in [3.63, 3.8) is 0 Å². The number of non-ortho nitro benzene ring substituents is 1. The van der Waals surface area contributed by atoms with Crippen LogP contribution < -0.4 is 5.32 Å². The first-order chi connectivity index (χ1) is 9.73. The molecule has 21 heavy (non-hydrogen) atoms. The second-order valence-corrected chi connectivity index (χ2v) is 6.64. The molecule has 1 amide bonds. The van der Waals surface area contributed by atoms with Crippen LogP contribution in [-0.2, 0) is 0 Å². The Morgan fingerprint density at radius 1 is 1.29 bits per heavy atom. The number of halogens is 1.